The number of nitrogens with one attached hydrogen (secondary N) is 1. The maximum absolute atomic E-state index is 13.4. The average molecular weight is 453 g/mol. The van der Waals surface area contributed by atoms with Crippen molar-refractivity contribution in [3.63, 3.8) is 0 Å². The van der Waals surface area contributed by atoms with E-state index in [0.29, 0.717) is 16.6 Å². The highest BCUT2D eigenvalue weighted by molar-refractivity contribution is 6.07. The Kier molecular flexibility index (Phi) is 4.38. The van der Waals surface area contributed by atoms with Crippen molar-refractivity contribution in [3.05, 3.63) is 76.2 Å². The van der Waals surface area contributed by atoms with Crippen LogP contribution in [0.4, 0.5) is 13.2 Å². The van der Waals surface area contributed by atoms with E-state index in [4.69, 9.17) is 0 Å². The molecule has 0 amide bonds. The Morgan fingerprint density at radius 1 is 1.12 bits per heavy atom. The number of aryl methyl sites for hydroxylation is 1. The molecule has 0 fully saturated rings. The van der Waals surface area contributed by atoms with Gasteiger partial charge in [0.05, 0.1) is 45.0 Å². The summed E-state index contributed by atoms with van der Waals surface area (Å²) in [5.41, 5.74) is -0.372. The molecule has 0 aliphatic heterocycles. The highest BCUT2D eigenvalue weighted by Gasteiger charge is 2.31. The molecule has 33 heavy (non-hydrogen) atoms. The normalized spacial score (nSPS) is 12.0. The molecule has 5 aromatic rings. The van der Waals surface area contributed by atoms with Gasteiger partial charge in [0.15, 0.2) is 5.65 Å². The lowest BCUT2D eigenvalue weighted by Gasteiger charge is -2.09. The molecule has 0 unspecified atom stereocenters. The fourth-order valence-corrected chi connectivity index (χ4v) is 3.77. The first-order valence-electron chi connectivity index (χ1n) is 9.63. The number of nitrogens with zero attached hydrogens (tertiary/aromatic N) is 4. The van der Waals surface area contributed by atoms with Gasteiger partial charge in [-0.1, -0.05) is 18.2 Å². The largest absolute Gasteiger partial charge is 0.478 e. The van der Waals surface area contributed by atoms with Crippen LogP contribution in [0.1, 0.15) is 15.9 Å². The van der Waals surface area contributed by atoms with E-state index < -0.39 is 23.3 Å². The third-order valence-corrected chi connectivity index (χ3v) is 5.34. The number of aromatic nitrogens is 5. The molecule has 2 N–H and O–H groups in total. The van der Waals surface area contributed by atoms with E-state index in [1.807, 2.05) is 0 Å². The van der Waals surface area contributed by atoms with E-state index in [9.17, 15) is 27.9 Å². The number of hydrogen-bond acceptors (Lipinski definition) is 4. The van der Waals surface area contributed by atoms with Crippen LogP contribution in [0.25, 0.3) is 38.9 Å². The second-order valence-electron chi connectivity index (χ2n) is 7.40. The molecule has 0 bridgehead atoms. The van der Waals surface area contributed by atoms with Gasteiger partial charge in [0.25, 0.3) is 5.56 Å². The summed E-state index contributed by atoms with van der Waals surface area (Å²) in [7, 11) is 1.63. The van der Waals surface area contributed by atoms with Crippen LogP contribution in [0.5, 0.6) is 0 Å². The van der Waals surface area contributed by atoms with Crippen LogP contribution >= 0.6 is 0 Å². The van der Waals surface area contributed by atoms with E-state index in [-0.39, 0.29) is 27.9 Å². The summed E-state index contributed by atoms with van der Waals surface area (Å²) in [5, 5.41) is 16.9. The first kappa shape index (κ1) is 20.5. The maximum Gasteiger partial charge on any atom is 0.416 e. The molecule has 0 saturated heterocycles. The molecule has 0 atom stereocenters. The maximum atomic E-state index is 13.4. The summed E-state index contributed by atoms with van der Waals surface area (Å²) in [6, 6.07) is 10.3. The van der Waals surface area contributed by atoms with Crippen LogP contribution in [-0.4, -0.2) is 35.6 Å². The van der Waals surface area contributed by atoms with Gasteiger partial charge in [-0.2, -0.15) is 18.3 Å². The summed E-state index contributed by atoms with van der Waals surface area (Å²) >= 11 is 0. The van der Waals surface area contributed by atoms with Crippen LogP contribution in [0, 0.1) is 0 Å². The number of H-pyrrole nitrogens is 1. The van der Waals surface area contributed by atoms with Crippen molar-refractivity contribution < 1.29 is 23.1 Å². The zero-order valence-electron chi connectivity index (χ0n) is 16.9. The predicted molar refractivity (Wildman–Crippen MR) is 113 cm³/mol. The molecule has 5 rings (SSSR count). The summed E-state index contributed by atoms with van der Waals surface area (Å²) in [6.07, 6.45) is -3.07. The molecule has 0 aliphatic carbocycles. The molecule has 11 heteroatoms. The van der Waals surface area contributed by atoms with Crippen molar-refractivity contribution in [3.8, 4) is 16.9 Å². The standard InChI is InChI=1S/C22H14F3N5O3/c1-29-19-15(10-26-29)18-16(17(27-19)11-4-2-6-13(8-11)22(23,24)25)20(31)30(28-18)14-7-3-5-12(9-14)21(32)33/h2-10,28H,1H3,(H,32,33). The zero-order valence-corrected chi connectivity index (χ0v) is 16.9. The van der Waals surface area contributed by atoms with Crippen molar-refractivity contribution in [2.75, 3.05) is 0 Å². The number of aromatic amines is 1. The molecule has 8 nitrogen and oxygen atoms in total. The van der Waals surface area contributed by atoms with Gasteiger partial charge in [-0.15, -0.1) is 0 Å². The minimum absolute atomic E-state index is 0.0270. The molecule has 0 spiro atoms. The third kappa shape index (κ3) is 3.25. The number of carbonyl (C=O) groups is 1. The van der Waals surface area contributed by atoms with Crippen molar-refractivity contribution in [1.29, 1.82) is 0 Å². The number of halogens is 3. The Bertz CT molecular complexity index is 1630. The molecule has 166 valence electrons. The number of hydrogen-bond donors (Lipinski definition) is 2. The van der Waals surface area contributed by atoms with Gasteiger partial charge >= 0.3 is 12.1 Å². The molecule has 3 heterocycles. The first-order valence-corrected chi connectivity index (χ1v) is 9.63. The summed E-state index contributed by atoms with van der Waals surface area (Å²) in [5.74, 6) is -1.16. The van der Waals surface area contributed by atoms with Gasteiger partial charge in [0.1, 0.15) is 0 Å². The van der Waals surface area contributed by atoms with Crippen LogP contribution < -0.4 is 5.56 Å². The number of rotatable bonds is 3. The predicted octanol–water partition coefficient (Wildman–Crippen LogP) is 3.98. The van der Waals surface area contributed by atoms with E-state index in [2.05, 4.69) is 15.2 Å². The second-order valence-corrected chi connectivity index (χ2v) is 7.40. The zero-order chi connectivity index (χ0) is 23.5. The lowest BCUT2D eigenvalue weighted by Crippen LogP contribution is -2.15. The van der Waals surface area contributed by atoms with E-state index in [0.717, 1.165) is 16.8 Å². The number of carboxylic acid groups (broad SMARTS) is 1. The first-order chi connectivity index (χ1) is 15.6. The molecule has 0 saturated carbocycles. The molecular formula is C22H14F3N5O3. The Morgan fingerprint density at radius 2 is 1.88 bits per heavy atom. The van der Waals surface area contributed by atoms with Gasteiger partial charge in [0.2, 0.25) is 0 Å². The summed E-state index contributed by atoms with van der Waals surface area (Å²) in [4.78, 5) is 29.3. The minimum Gasteiger partial charge on any atom is -0.478 e. The number of pyridine rings is 1. The van der Waals surface area contributed by atoms with Gasteiger partial charge < -0.3 is 5.11 Å². The highest BCUT2D eigenvalue weighted by atomic mass is 19.4. The summed E-state index contributed by atoms with van der Waals surface area (Å²) < 4.78 is 42.5. The topological polar surface area (TPSA) is 106 Å². The average Bonchev–Trinajstić information content (AvgIpc) is 3.33. The van der Waals surface area contributed by atoms with Crippen LogP contribution in [0.2, 0.25) is 0 Å². The van der Waals surface area contributed by atoms with Crippen molar-refractivity contribution in [1.82, 2.24) is 24.5 Å². The summed E-state index contributed by atoms with van der Waals surface area (Å²) in [6.45, 7) is 0. The van der Waals surface area contributed by atoms with Crippen LogP contribution in [0.15, 0.2) is 59.5 Å². The van der Waals surface area contributed by atoms with Gasteiger partial charge in [0, 0.05) is 12.6 Å². The van der Waals surface area contributed by atoms with Crippen LogP contribution in [-0.2, 0) is 13.2 Å². The second kappa shape index (κ2) is 7.05. The lowest BCUT2D eigenvalue weighted by atomic mass is 10.0. The molecule has 3 aromatic heterocycles. The molecular weight excluding hydrogens is 439 g/mol. The van der Waals surface area contributed by atoms with Gasteiger partial charge in [-0.3, -0.25) is 14.6 Å². The molecule has 0 aliphatic rings. The Labute approximate surface area is 182 Å². The van der Waals surface area contributed by atoms with Crippen molar-refractivity contribution in [2.45, 2.75) is 6.18 Å². The van der Waals surface area contributed by atoms with Crippen molar-refractivity contribution >= 4 is 27.9 Å². The number of aromatic carboxylic acids is 1. The smallest absolute Gasteiger partial charge is 0.416 e. The third-order valence-electron chi connectivity index (χ3n) is 5.34. The Hall–Kier alpha value is -4.41. The molecule has 2 aromatic carbocycles. The Balaban J connectivity index is 1.86. The van der Waals surface area contributed by atoms with E-state index >= 15 is 0 Å². The fourth-order valence-electron chi connectivity index (χ4n) is 3.77. The quantitative estimate of drug-likeness (QED) is 0.430. The van der Waals surface area contributed by atoms with Gasteiger partial charge in [-0.25, -0.2) is 14.5 Å². The number of carboxylic acids is 1. The van der Waals surface area contributed by atoms with Gasteiger partial charge in [-0.05, 0) is 30.3 Å². The number of fused-ring (bicyclic) bond motifs is 3. The fraction of sp³-hybridized carbons (Fsp3) is 0.0909. The SMILES string of the molecule is Cn1ncc2c3[nH]n(-c4cccc(C(=O)O)c4)c(=O)c3c(-c3cccc(C(F)(F)F)c3)nc21. The Morgan fingerprint density at radius 3 is 2.61 bits per heavy atom. The van der Waals surface area contributed by atoms with E-state index in [1.54, 1.807) is 13.1 Å². The monoisotopic (exact) mass is 453 g/mol. The molecule has 0 radical (unpaired) electrons. The van der Waals surface area contributed by atoms with E-state index in [1.165, 1.54) is 41.2 Å². The van der Waals surface area contributed by atoms with Crippen LogP contribution in [0.3, 0.4) is 0 Å². The van der Waals surface area contributed by atoms with Crippen molar-refractivity contribution in [2.24, 2.45) is 7.05 Å². The number of benzene rings is 2. The number of alkyl halides is 3. The highest BCUT2D eigenvalue weighted by Crippen LogP contribution is 2.34. The lowest BCUT2D eigenvalue weighted by molar-refractivity contribution is -0.137. The minimum atomic E-state index is -4.57.